The van der Waals surface area contributed by atoms with Gasteiger partial charge >= 0.3 is 0 Å². The van der Waals surface area contributed by atoms with Crippen LogP contribution in [-0.4, -0.2) is 23.2 Å². The van der Waals surface area contributed by atoms with E-state index in [0.29, 0.717) is 5.75 Å². The maximum atomic E-state index is 9.75. The average molecular weight is 192 g/mol. The van der Waals surface area contributed by atoms with Gasteiger partial charge < -0.3 is 10.8 Å². The molecule has 0 saturated carbocycles. The molecule has 1 saturated heterocycles. The Kier molecular flexibility index (Phi) is 2.01. The molecule has 1 heterocycles. The van der Waals surface area contributed by atoms with Crippen LogP contribution in [-0.2, 0) is 5.54 Å². The fourth-order valence-electron chi connectivity index (χ4n) is 2.17. The Bertz CT molecular complexity index is 353. The number of rotatable bonds is 1. The van der Waals surface area contributed by atoms with Crippen LogP contribution in [0.4, 0.5) is 0 Å². The Hall–Kier alpha value is -1.06. The second kappa shape index (κ2) is 2.97. The van der Waals surface area contributed by atoms with Crippen LogP contribution in [0, 0.1) is 0 Å². The molecule has 0 bridgehead atoms. The summed E-state index contributed by atoms with van der Waals surface area (Å²) in [4.78, 5) is 2.09. The summed E-state index contributed by atoms with van der Waals surface area (Å²) in [5.74, 6) is 0.355. The SMILES string of the molecule is CN1C(N)CC1(C)c1ccccc1O. The molecule has 1 aromatic rings. The number of likely N-dealkylation sites (tertiary alicyclic amines) is 1. The molecular weight excluding hydrogens is 176 g/mol. The minimum absolute atomic E-state index is 0.106. The van der Waals surface area contributed by atoms with Gasteiger partial charge in [-0.2, -0.15) is 0 Å². The van der Waals surface area contributed by atoms with E-state index < -0.39 is 0 Å². The van der Waals surface area contributed by atoms with Crippen molar-refractivity contribution in [3.8, 4) is 5.75 Å². The molecular formula is C11H16N2O. The second-order valence-corrected chi connectivity index (χ2v) is 4.17. The van der Waals surface area contributed by atoms with Gasteiger partial charge in [-0.25, -0.2) is 0 Å². The molecule has 14 heavy (non-hydrogen) atoms. The fraction of sp³-hybridized carbons (Fsp3) is 0.455. The highest BCUT2D eigenvalue weighted by atomic mass is 16.3. The number of phenols is 1. The summed E-state index contributed by atoms with van der Waals surface area (Å²) < 4.78 is 0. The fourth-order valence-corrected chi connectivity index (χ4v) is 2.17. The number of para-hydroxylation sites is 1. The van der Waals surface area contributed by atoms with E-state index in [1.807, 2.05) is 25.2 Å². The highest BCUT2D eigenvalue weighted by molar-refractivity contribution is 5.39. The van der Waals surface area contributed by atoms with Gasteiger partial charge in [-0.1, -0.05) is 18.2 Å². The summed E-state index contributed by atoms with van der Waals surface area (Å²) in [6.45, 7) is 2.10. The van der Waals surface area contributed by atoms with E-state index in [9.17, 15) is 5.11 Å². The lowest BCUT2D eigenvalue weighted by molar-refractivity contribution is -0.0413. The van der Waals surface area contributed by atoms with E-state index in [1.54, 1.807) is 6.07 Å². The van der Waals surface area contributed by atoms with Crippen molar-refractivity contribution in [2.45, 2.75) is 25.0 Å². The molecule has 1 aliphatic heterocycles. The molecule has 1 fully saturated rings. The molecule has 2 rings (SSSR count). The van der Waals surface area contributed by atoms with Gasteiger partial charge in [-0.05, 0) is 26.5 Å². The zero-order valence-electron chi connectivity index (χ0n) is 8.57. The van der Waals surface area contributed by atoms with Gasteiger partial charge in [0.15, 0.2) is 0 Å². The summed E-state index contributed by atoms with van der Waals surface area (Å²) in [6.07, 6.45) is 1.00. The van der Waals surface area contributed by atoms with Crippen molar-refractivity contribution < 1.29 is 5.11 Å². The molecule has 2 unspecified atom stereocenters. The van der Waals surface area contributed by atoms with Crippen LogP contribution < -0.4 is 5.73 Å². The van der Waals surface area contributed by atoms with Crippen LogP contribution in [0.15, 0.2) is 24.3 Å². The smallest absolute Gasteiger partial charge is 0.120 e. The summed E-state index contributed by atoms with van der Waals surface area (Å²) in [5.41, 5.74) is 6.69. The van der Waals surface area contributed by atoms with Crippen molar-refractivity contribution in [3.63, 3.8) is 0 Å². The normalized spacial score (nSPS) is 32.6. The molecule has 1 aliphatic rings. The number of nitrogens with two attached hydrogens (primary N) is 1. The van der Waals surface area contributed by atoms with Gasteiger partial charge in [0.2, 0.25) is 0 Å². The van der Waals surface area contributed by atoms with Crippen molar-refractivity contribution in [2.24, 2.45) is 5.73 Å². The summed E-state index contributed by atoms with van der Waals surface area (Å²) in [6, 6.07) is 7.45. The zero-order valence-corrected chi connectivity index (χ0v) is 8.57. The molecule has 76 valence electrons. The molecule has 3 heteroatoms. The maximum absolute atomic E-state index is 9.75. The number of nitrogens with zero attached hydrogens (tertiary/aromatic N) is 1. The monoisotopic (exact) mass is 192 g/mol. The van der Waals surface area contributed by atoms with E-state index in [1.165, 1.54) is 0 Å². The Morgan fingerprint density at radius 1 is 1.50 bits per heavy atom. The van der Waals surface area contributed by atoms with Gasteiger partial charge in [-0.3, -0.25) is 4.90 Å². The number of hydrogen-bond donors (Lipinski definition) is 2. The molecule has 0 aromatic heterocycles. The molecule has 3 N–H and O–H groups in total. The van der Waals surface area contributed by atoms with E-state index in [-0.39, 0.29) is 11.7 Å². The van der Waals surface area contributed by atoms with Gasteiger partial charge in [0.05, 0.1) is 11.7 Å². The van der Waals surface area contributed by atoms with Crippen LogP contribution in [0.5, 0.6) is 5.75 Å². The summed E-state index contributed by atoms with van der Waals surface area (Å²) >= 11 is 0. The van der Waals surface area contributed by atoms with Gasteiger partial charge in [-0.15, -0.1) is 0 Å². The third-order valence-electron chi connectivity index (χ3n) is 3.37. The molecule has 0 aliphatic carbocycles. The molecule has 2 atom stereocenters. The summed E-state index contributed by atoms with van der Waals surface area (Å²) in [5, 5.41) is 9.75. The quantitative estimate of drug-likeness (QED) is 0.703. The van der Waals surface area contributed by atoms with Gasteiger partial charge in [0.1, 0.15) is 5.75 Å². The number of hydrogen-bond acceptors (Lipinski definition) is 3. The number of phenolic OH excluding ortho intramolecular Hbond substituents is 1. The first-order valence-electron chi connectivity index (χ1n) is 4.83. The van der Waals surface area contributed by atoms with Crippen LogP contribution in [0.3, 0.4) is 0 Å². The standard InChI is InChI=1S/C11H16N2O/c1-11(7-10(12)13(11)2)8-5-3-4-6-9(8)14/h3-6,10,14H,7,12H2,1-2H3. The predicted octanol–water partition coefficient (Wildman–Crippen LogP) is 1.23. The van der Waals surface area contributed by atoms with Crippen molar-refractivity contribution >= 4 is 0 Å². The van der Waals surface area contributed by atoms with Crippen molar-refractivity contribution in [1.29, 1.82) is 0 Å². The lowest BCUT2D eigenvalue weighted by Crippen LogP contribution is -2.63. The summed E-state index contributed by atoms with van der Waals surface area (Å²) in [7, 11) is 1.99. The first-order valence-corrected chi connectivity index (χ1v) is 4.83. The average Bonchev–Trinajstić information content (AvgIpc) is 2.18. The minimum atomic E-state index is -0.106. The van der Waals surface area contributed by atoms with E-state index in [4.69, 9.17) is 5.73 Å². The van der Waals surface area contributed by atoms with E-state index in [0.717, 1.165) is 12.0 Å². The Labute approximate surface area is 84.1 Å². The topological polar surface area (TPSA) is 49.5 Å². The largest absolute Gasteiger partial charge is 0.508 e. The molecule has 0 spiro atoms. The third-order valence-corrected chi connectivity index (χ3v) is 3.37. The molecule has 0 amide bonds. The molecule has 1 aromatic carbocycles. The Balaban J connectivity index is 2.37. The minimum Gasteiger partial charge on any atom is -0.508 e. The second-order valence-electron chi connectivity index (χ2n) is 4.17. The lowest BCUT2D eigenvalue weighted by Gasteiger charge is -2.53. The molecule has 3 nitrogen and oxygen atoms in total. The zero-order chi connectivity index (χ0) is 10.3. The van der Waals surface area contributed by atoms with Gasteiger partial charge in [0.25, 0.3) is 0 Å². The van der Waals surface area contributed by atoms with Crippen LogP contribution >= 0.6 is 0 Å². The van der Waals surface area contributed by atoms with Crippen molar-refractivity contribution in [2.75, 3.05) is 7.05 Å². The number of aromatic hydroxyl groups is 1. The third kappa shape index (κ3) is 1.13. The van der Waals surface area contributed by atoms with Crippen molar-refractivity contribution in [3.05, 3.63) is 29.8 Å². The van der Waals surface area contributed by atoms with E-state index in [2.05, 4.69) is 11.8 Å². The van der Waals surface area contributed by atoms with Crippen LogP contribution in [0.25, 0.3) is 0 Å². The Morgan fingerprint density at radius 2 is 2.14 bits per heavy atom. The first-order chi connectivity index (χ1) is 6.55. The van der Waals surface area contributed by atoms with Crippen molar-refractivity contribution in [1.82, 2.24) is 4.90 Å². The van der Waals surface area contributed by atoms with E-state index >= 15 is 0 Å². The first kappa shape index (κ1) is 9.49. The highest BCUT2D eigenvalue weighted by Crippen LogP contribution is 2.44. The highest BCUT2D eigenvalue weighted by Gasteiger charge is 2.46. The lowest BCUT2D eigenvalue weighted by atomic mass is 9.78. The maximum Gasteiger partial charge on any atom is 0.120 e. The van der Waals surface area contributed by atoms with Crippen LogP contribution in [0.2, 0.25) is 0 Å². The van der Waals surface area contributed by atoms with Gasteiger partial charge in [0, 0.05) is 5.56 Å². The Morgan fingerprint density at radius 3 is 2.64 bits per heavy atom. The number of benzene rings is 1. The van der Waals surface area contributed by atoms with Crippen LogP contribution in [0.1, 0.15) is 18.9 Å². The predicted molar refractivity (Wildman–Crippen MR) is 55.8 cm³/mol. The molecule has 0 radical (unpaired) electrons.